The number of aryl methyl sites for hydroxylation is 1. The normalized spacial score (nSPS) is 12.9. The van der Waals surface area contributed by atoms with Crippen LogP contribution in [0.3, 0.4) is 0 Å². The summed E-state index contributed by atoms with van der Waals surface area (Å²) >= 11 is 5.44. The lowest BCUT2D eigenvalue weighted by atomic mass is 10.1. The largest absolute Gasteiger partial charge is 0.394 e. The topological polar surface area (TPSA) is 80.5 Å². The van der Waals surface area contributed by atoms with Crippen molar-refractivity contribution in [1.29, 1.82) is 0 Å². The fraction of sp³-hybridized carbons (Fsp3) is 0.455. The van der Waals surface area contributed by atoms with Crippen molar-refractivity contribution in [1.82, 2.24) is 4.98 Å². The van der Waals surface area contributed by atoms with E-state index in [2.05, 4.69) is 10.1 Å². The lowest BCUT2D eigenvalue weighted by Gasteiger charge is -2.02. The fourth-order valence-corrected chi connectivity index (χ4v) is 1.37. The Labute approximate surface area is 105 Å². The van der Waals surface area contributed by atoms with Crippen molar-refractivity contribution >= 4 is 23.7 Å². The number of aromatic amines is 1. The number of H-pyrrole nitrogens is 1. The van der Waals surface area contributed by atoms with Crippen LogP contribution in [0.15, 0.2) is 11.2 Å². The first kappa shape index (κ1) is 13.6. The summed E-state index contributed by atoms with van der Waals surface area (Å²) < 4.78 is 0. The van der Waals surface area contributed by atoms with Crippen molar-refractivity contribution in [2.24, 2.45) is 10.9 Å². The van der Waals surface area contributed by atoms with Crippen molar-refractivity contribution in [2.45, 2.75) is 19.8 Å². The molecule has 0 bridgehead atoms. The number of oxime groups is 1. The molecule has 1 rings (SSSR count). The van der Waals surface area contributed by atoms with E-state index in [-0.39, 0.29) is 11.8 Å². The third-order valence-corrected chi connectivity index (χ3v) is 2.55. The Morgan fingerprint density at radius 3 is 3.06 bits per heavy atom. The van der Waals surface area contributed by atoms with Gasteiger partial charge in [0.25, 0.3) is 0 Å². The first-order valence-electron chi connectivity index (χ1n) is 5.26. The number of nitrogens with one attached hydrogen (secondary N) is 1. The summed E-state index contributed by atoms with van der Waals surface area (Å²) in [4.78, 5) is 19.0. The van der Waals surface area contributed by atoms with Gasteiger partial charge in [-0.05, 0) is 25.5 Å². The molecule has 1 amide bonds. The van der Waals surface area contributed by atoms with E-state index in [0.717, 1.165) is 17.0 Å². The molecular formula is C11H16ClN3O2. The van der Waals surface area contributed by atoms with E-state index in [4.69, 9.17) is 22.2 Å². The molecule has 1 heterocycles. The maximum atomic E-state index is 11.0. The molecular weight excluding hydrogens is 242 g/mol. The second-order valence-electron chi connectivity index (χ2n) is 3.70. The summed E-state index contributed by atoms with van der Waals surface area (Å²) in [6, 6.07) is 1.87. The molecule has 0 radical (unpaired) electrons. The minimum Gasteiger partial charge on any atom is -0.394 e. The van der Waals surface area contributed by atoms with Gasteiger partial charge < -0.3 is 15.6 Å². The van der Waals surface area contributed by atoms with Gasteiger partial charge in [0.2, 0.25) is 5.91 Å². The molecule has 3 N–H and O–H groups in total. The Kier molecular flexibility index (Phi) is 5.03. The van der Waals surface area contributed by atoms with Gasteiger partial charge in [0.05, 0.1) is 23.7 Å². The predicted octanol–water partition coefficient (Wildman–Crippen LogP) is 1.50. The summed E-state index contributed by atoms with van der Waals surface area (Å²) in [5.41, 5.74) is 7.78. The summed E-state index contributed by atoms with van der Waals surface area (Å²) in [6.45, 7) is 4.03. The molecule has 5 nitrogen and oxygen atoms in total. The molecule has 1 unspecified atom stereocenters. The van der Waals surface area contributed by atoms with Gasteiger partial charge in [0.15, 0.2) is 0 Å². The van der Waals surface area contributed by atoms with Gasteiger partial charge in [0, 0.05) is 5.69 Å². The van der Waals surface area contributed by atoms with Crippen LogP contribution in [0.1, 0.15) is 29.8 Å². The minimum atomic E-state index is -0.367. The van der Waals surface area contributed by atoms with E-state index in [1.807, 2.05) is 13.0 Å². The number of carbonyl (C=O) groups excluding carboxylic acids is 1. The Morgan fingerprint density at radius 1 is 1.76 bits per heavy atom. The zero-order chi connectivity index (χ0) is 12.8. The number of primary amides is 1. The minimum absolute atomic E-state index is 0.348. The third kappa shape index (κ3) is 3.78. The van der Waals surface area contributed by atoms with Gasteiger partial charge in [-0.2, -0.15) is 0 Å². The van der Waals surface area contributed by atoms with Crippen LogP contribution in [-0.2, 0) is 9.63 Å². The fourth-order valence-electron chi connectivity index (χ4n) is 1.30. The number of aromatic nitrogens is 1. The van der Waals surface area contributed by atoms with Crippen molar-refractivity contribution in [2.75, 3.05) is 12.5 Å². The Hall–Kier alpha value is -1.49. The van der Waals surface area contributed by atoms with E-state index in [9.17, 15) is 4.79 Å². The monoisotopic (exact) mass is 257 g/mol. The zero-order valence-corrected chi connectivity index (χ0v) is 10.6. The highest BCUT2D eigenvalue weighted by atomic mass is 35.5. The SMILES string of the molecule is Cc1cc(C(C)C(N)=O)[nH]c1C=NOCCCl. The number of hydrogen-bond donors (Lipinski definition) is 2. The lowest BCUT2D eigenvalue weighted by molar-refractivity contribution is -0.119. The number of rotatable bonds is 6. The molecule has 0 saturated carbocycles. The molecule has 0 aliphatic heterocycles. The molecule has 0 spiro atoms. The molecule has 1 atom stereocenters. The highest BCUT2D eigenvalue weighted by Crippen LogP contribution is 2.16. The first-order chi connectivity index (χ1) is 8.06. The van der Waals surface area contributed by atoms with Gasteiger partial charge in [-0.25, -0.2) is 0 Å². The zero-order valence-electron chi connectivity index (χ0n) is 9.87. The quantitative estimate of drug-likeness (QED) is 0.351. The van der Waals surface area contributed by atoms with Crippen molar-refractivity contribution in [3.05, 3.63) is 23.0 Å². The van der Waals surface area contributed by atoms with Crippen molar-refractivity contribution in [3.8, 4) is 0 Å². The predicted molar refractivity (Wildman–Crippen MR) is 67.4 cm³/mol. The average molecular weight is 258 g/mol. The standard InChI is InChI=1S/C11H16ClN3O2/c1-7-5-9(8(2)11(13)16)15-10(7)6-14-17-4-3-12/h5-6,8,15H,3-4H2,1-2H3,(H2,13,16). The van der Waals surface area contributed by atoms with E-state index in [1.54, 1.807) is 13.1 Å². The van der Waals surface area contributed by atoms with Crippen molar-refractivity contribution < 1.29 is 9.63 Å². The molecule has 0 aromatic carbocycles. The number of nitrogens with zero attached hydrogens (tertiary/aromatic N) is 1. The molecule has 0 fully saturated rings. The first-order valence-corrected chi connectivity index (χ1v) is 5.79. The van der Waals surface area contributed by atoms with Crippen LogP contribution in [0, 0.1) is 6.92 Å². The van der Waals surface area contributed by atoms with Crippen LogP contribution in [0.5, 0.6) is 0 Å². The van der Waals surface area contributed by atoms with Gasteiger partial charge in [-0.1, -0.05) is 5.16 Å². The van der Waals surface area contributed by atoms with Gasteiger partial charge in [0.1, 0.15) is 6.61 Å². The third-order valence-electron chi connectivity index (χ3n) is 2.39. The van der Waals surface area contributed by atoms with E-state index >= 15 is 0 Å². The highest BCUT2D eigenvalue weighted by molar-refractivity contribution is 6.17. The molecule has 1 aromatic rings. The maximum Gasteiger partial charge on any atom is 0.226 e. The number of hydrogen-bond acceptors (Lipinski definition) is 3. The van der Waals surface area contributed by atoms with Crippen molar-refractivity contribution in [3.63, 3.8) is 0 Å². The average Bonchev–Trinajstić information content (AvgIpc) is 2.65. The van der Waals surface area contributed by atoms with Crippen LogP contribution in [0.4, 0.5) is 0 Å². The molecule has 6 heteroatoms. The summed E-state index contributed by atoms with van der Waals surface area (Å²) in [5, 5.41) is 3.75. The second kappa shape index (κ2) is 6.30. The smallest absolute Gasteiger partial charge is 0.226 e. The number of amides is 1. The molecule has 0 saturated heterocycles. The van der Waals surface area contributed by atoms with E-state index in [0.29, 0.717) is 12.5 Å². The van der Waals surface area contributed by atoms with E-state index < -0.39 is 0 Å². The van der Waals surface area contributed by atoms with E-state index in [1.165, 1.54) is 0 Å². The van der Waals surface area contributed by atoms with Crippen LogP contribution < -0.4 is 5.73 Å². The van der Waals surface area contributed by atoms with Crippen LogP contribution in [-0.4, -0.2) is 29.6 Å². The summed E-state index contributed by atoms with van der Waals surface area (Å²) in [6.07, 6.45) is 1.55. The molecule has 1 aromatic heterocycles. The molecule has 94 valence electrons. The van der Waals surface area contributed by atoms with Crippen LogP contribution >= 0.6 is 11.6 Å². The molecule has 0 aliphatic carbocycles. The Bertz CT molecular complexity index is 415. The molecule has 0 aliphatic rings. The Morgan fingerprint density at radius 2 is 2.47 bits per heavy atom. The number of alkyl halides is 1. The van der Waals surface area contributed by atoms with Gasteiger partial charge in [-0.15, -0.1) is 11.6 Å². The van der Waals surface area contributed by atoms with Gasteiger partial charge in [-0.3, -0.25) is 4.79 Å². The number of nitrogens with two attached hydrogens (primary N) is 1. The highest BCUT2D eigenvalue weighted by Gasteiger charge is 2.14. The summed E-state index contributed by atoms with van der Waals surface area (Å²) in [7, 11) is 0. The van der Waals surface area contributed by atoms with Crippen LogP contribution in [0.25, 0.3) is 0 Å². The maximum absolute atomic E-state index is 11.0. The van der Waals surface area contributed by atoms with Crippen LogP contribution in [0.2, 0.25) is 0 Å². The van der Waals surface area contributed by atoms with Gasteiger partial charge >= 0.3 is 0 Å². The second-order valence-corrected chi connectivity index (χ2v) is 4.08. The summed E-state index contributed by atoms with van der Waals surface area (Å²) in [5.74, 6) is -0.321. The lowest BCUT2D eigenvalue weighted by Crippen LogP contribution is -2.18. The Balaban J connectivity index is 2.75. The number of carbonyl (C=O) groups is 1. The number of halogens is 1. The molecule has 17 heavy (non-hydrogen) atoms.